The number of carbonyl (C=O) groups is 1. The van der Waals surface area contributed by atoms with Crippen LogP contribution in [0.3, 0.4) is 0 Å². The van der Waals surface area contributed by atoms with Crippen molar-refractivity contribution in [2.45, 2.75) is 19.0 Å². The molecule has 36 heavy (non-hydrogen) atoms. The van der Waals surface area contributed by atoms with Crippen LogP contribution in [0.25, 0.3) is 22.8 Å². The van der Waals surface area contributed by atoms with Crippen LogP contribution in [-0.2, 0) is 0 Å². The number of nitrogens with zero attached hydrogens (tertiary/aromatic N) is 4. The summed E-state index contributed by atoms with van der Waals surface area (Å²) in [5.74, 6) is 1.74. The summed E-state index contributed by atoms with van der Waals surface area (Å²) in [6, 6.07) is 29.7. The van der Waals surface area contributed by atoms with Gasteiger partial charge in [0.2, 0.25) is 0 Å². The first kappa shape index (κ1) is 23.6. The zero-order valence-corrected chi connectivity index (χ0v) is 21.2. The van der Waals surface area contributed by atoms with Crippen molar-refractivity contribution in [1.82, 2.24) is 19.3 Å². The topological polar surface area (TPSA) is 61.9 Å². The molecule has 5 rings (SSSR count). The van der Waals surface area contributed by atoms with Crippen LogP contribution in [0.4, 0.5) is 0 Å². The van der Waals surface area contributed by atoms with Gasteiger partial charge in [0.05, 0.1) is 12.9 Å². The molecule has 0 radical (unpaired) electrons. The fourth-order valence-corrected chi connectivity index (χ4v) is 5.18. The summed E-state index contributed by atoms with van der Waals surface area (Å²) in [7, 11) is 1.64. The molecule has 5 aromatic rings. The van der Waals surface area contributed by atoms with E-state index in [4.69, 9.17) is 4.74 Å². The van der Waals surface area contributed by atoms with Gasteiger partial charge in [-0.3, -0.25) is 9.36 Å². The number of ether oxygens (including phenoxy) is 1. The van der Waals surface area contributed by atoms with Crippen LogP contribution in [0, 0.1) is 13.8 Å². The van der Waals surface area contributed by atoms with Crippen molar-refractivity contribution in [3.05, 3.63) is 108 Å². The van der Waals surface area contributed by atoms with Crippen molar-refractivity contribution >= 4 is 17.5 Å². The van der Waals surface area contributed by atoms with Gasteiger partial charge in [-0.05, 0) is 56.3 Å². The first-order valence-electron chi connectivity index (χ1n) is 11.6. The largest absolute Gasteiger partial charge is 0.497 e. The highest BCUT2D eigenvalue weighted by atomic mass is 32.2. The third kappa shape index (κ3) is 4.57. The van der Waals surface area contributed by atoms with Crippen LogP contribution in [0.1, 0.15) is 21.7 Å². The lowest BCUT2D eigenvalue weighted by atomic mass is 10.2. The van der Waals surface area contributed by atoms with E-state index in [2.05, 4.69) is 14.8 Å². The Bertz CT molecular complexity index is 1510. The number of thioether (sulfide) groups is 1. The highest BCUT2D eigenvalue weighted by molar-refractivity contribution is 7.99. The molecule has 0 bridgehead atoms. The molecule has 2 aromatic heterocycles. The quantitative estimate of drug-likeness (QED) is 0.186. The summed E-state index contributed by atoms with van der Waals surface area (Å²) in [6.45, 7) is 4.02. The molecule has 0 spiro atoms. The molecule has 0 aliphatic carbocycles. The van der Waals surface area contributed by atoms with E-state index in [0.717, 1.165) is 39.6 Å². The monoisotopic (exact) mass is 494 g/mol. The van der Waals surface area contributed by atoms with Gasteiger partial charge in [0, 0.05) is 33.9 Å². The fraction of sp³-hybridized carbons (Fsp3) is 0.138. The van der Waals surface area contributed by atoms with Crippen LogP contribution in [0.15, 0.2) is 96.2 Å². The Balaban J connectivity index is 1.45. The average molecular weight is 495 g/mol. The first-order chi connectivity index (χ1) is 17.6. The second kappa shape index (κ2) is 10.3. The Morgan fingerprint density at radius 1 is 0.833 bits per heavy atom. The average Bonchev–Trinajstić information content (AvgIpc) is 3.48. The maximum Gasteiger partial charge on any atom is 0.196 e. The number of ketones is 1. The summed E-state index contributed by atoms with van der Waals surface area (Å²) in [4.78, 5) is 13.3. The first-order valence-corrected chi connectivity index (χ1v) is 12.6. The number of rotatable bonds is 8. The number of Topliss-reactive ketones (excluding diaryl/α,β-unsaturated/α-hetero) is 1. The number of hydrogen-bond donors (Lipinski definition) is 0. The van der Waals surface area contributed by atoms with Gasteiger partial charge in [0.25, 0.3) is 0 Å². The van der Waals surface area contributed by atoms with Crippen LogP contribution in [0.5, 0.6) is 5.75 Å². The molecule has 0 saturated carbocycles. The molecular formula is C29H26N4O2S. The zero-order chi connectivity index (χ0) is 25.1. The summed E-state index contributed by atoms with van der Waals surface area (Å²) in [6.07, 6.45) is 0. The molecule has 0 aliphatic heterocycles. The van der Waals surface area contributed by atoms with Crippen molar-refractivity contribution in [2.75, 3.05) is 12.9 Å². The lowest BCUT2D eigenvalue weighted by molar-refractivity contribution is 0.102. The maximum absolute atomic E-state index is 13.3. The zero-order valence-electron chi connectivity index (χ0n) is 20.4. The lowest BCUT2D eigenvalue weighted by Gasteiger charge is -2.11. The number of carbonyl (C=O) groups excluding carboxylic acids is 1. The van der Waals surface area contributed by atoms with E-state index in [-0.39, 0.29) is 11.5 Å². The van der Waals surface area contributed by atoms with Crippen LogP contribution in [-0.4, -0.2) is 38.0 Å². The molecule has 0 atom stereocenters. The van der Waals surface area contributed by atoms with Crippen molar-refractivity contribution in [3.8, 4) is 28.5 Å². The molecular weight excluding hydrogens is 468 g/mol. The third-order valence-corrected chi connectivity index (χ3v) is 6.98. The fourth-order valence-electron chi connectivity index (χ4n) is 4.35. The Morgan fingerprint density at radius 2 is 1.50 bits per heavy atom. The van der Waals surface area contributed by atoms with Crippen molar-refractivity contribution in [3.63, 3.8) is 0 Å². The molecule has 0 saturated heterocycles. The summed E-state index contributed by atoms with van der Waals surface area (Å²) >= 11 is 1.39. The number of benzene rings is 3. The highest BCUT2D eigenvalue weighted by Crippen LogP contribution is 2.30. The van der Waals surface area contributed by atoms with Gasteiger partial charge in [-0.1, -0.05) is 60.3 Å². The minimum Gasteiger partial charge on any atom is -0.497 e. The van der Waals surface area contributed by atoms with Gasteiger partial charge in [0.15, 0.2) is 16.8 Å². The van der Waals surface area contributed by atoms with Gasteiger partial charge in [-0.2, -0.15) is 0 Å². The summed E-state index contributed by atoms with van der Waals surface area (Å²) < 4.78 is 9.50. The van der Waals surface area contributed by atoms with E-state index in [9.17, 15) is 4.79 Å². The molecule has 0 amide bonds. The molecule has 0 aliphatic rings. The molecule has 2 heterocycles. The molecule has 7 heteroatoms. The third-order valence-electron chi connectivity index (χ3n) is 6.05. The van der Waals surface area contributed by atoms with Crippen molar-refractivity contribution < 1.29 is 9.53 Å². The lowest BCUT2D eigenvalue weighted by Crippen LogP contribution is -2.07. The summed E-state index contributed by atoms with van der Waals surface area (Å²) in [5.41, 5.74) is 5.55. The predicted molar refractivity (Wildman–Crippen MR) is 144 cm³/mol. The number of para-hydroxylation sites is 2. The molecule has 0 N–H and O–H groups in total. The Morgan fingerprint density at radius 3 is 2.17 bits per heavy atom. The van der Waals surface area contributed by atoms with E-state index >= 15 is 0 Å². The Hall–Kier alpha value is -4.10. The standard InChI is InChI=1S/C29H26N4O2S/c1-20-17-26(21(2)32(20)23-12-6-4-7-13-23)27(34)19-36-29-31-30-28(22-11-10-16-25(18-22)35-3)33(29)24-14-8-5-9-15-24/h4-18H,19H2,1-3H3. The normalized spacial score (nSPS) is 11.0. The number of hydrogen-bond acceptors (Lipinski definition) is 5. The number of aryl methyl sites for hydroxylation is 1. The van der Waals surface area contributed by atoms with Crippen LogP contribution < -0.4 is 4.74 Å². The second-order valence-corrected chi connectivity index (χ2v) is 9.32. The maximum atomic E-state index is 13.3. The van der Waals surface area contributed by atoms with E-state index < -0.39 is 0 Å². The predicted octanol–water partition coefficient (Wildman–Crippen LogP) is 6.33. The van der Waals surface area contributed by atoms with Gasteiger partial charge in [0.1, 0.15) is 5.75 Å². The molecule has 6 nitrogen and oxygen atoms in total. The summed E-state index contributed by atoms with van der Waals surface area (Å²) in [5, 5.41) is 9.60. The minimum absolute atomic E-state index is 0.0563. The number of methoxy groups -OCH3 is 1. The minimum atomic E-state index is 0.0563. The van der Waals surface area contributed by atoms with Gasteiger partial charge >= 0.3 is 0 Å². The van der Waals surface area contributed by atoms with E-state index in [1.54, 1.807) is 7.11 Å². The molecule has 180 valence electrons. The van der Waals surface area contributed by atoms with Crippen LogP contribution in [0.2, 0.25) is 0 Å². The van der Waals surface area contributed by atoms with Gasteiger partial charge < -0.3 is 9.30 Å². The Kier molecular flexibility index (Phi) is 6.73. The molecule has 0 unspecified atom stereocenters. The Labute approximate surface area is 214 Å². The van der Waals surface area contributed by atoms with Crippen molar-refractivity contribution in [1.29, 1.82) is 0 Å². The van der Waals surface area contributed by atoms with E-state index in [0.29, 0.717) is 11.0 Å². The second-order valence-electron chi connectivity index (χ2n) is 8.38. The molecule has 3 aromatic carbocycles. The molecule has 0 fully saturated rings. The van der Waals surface area contributed by atoms with Gasteiger partial charge in [-0.25, -0.2) is 0 Å². The van der Waals surface area contributed by atoms with E-state index in [1.165, 1.54) is 11.8 Å². The number of aromatic nitrogens is 4. The van der Waals surface area contributed by atoms with Crippen LogP contribution >= 0.6 is 11.8 Å². The smallest absolute Gasteiger partial charge is 0.196 e. The van der Waals surface area contributed by atoms with E-state index in [1.807, 2.05) is 109 Å². The van der Waals surface area contributed by atoms with Gasteiger partial charge in [-0.15, -0.1) is 10.2 Å². The van der Waals surface area contributed by atoms with Crippen molar-refractivity contribution in [2.24, 2.45) is 0 Å². The SMILES string of the molecule is COc1cccc(-c2nnc(SCC(=O)c3cc(C)n(-c4ccccc4)c3C)n2-c2ccccc2)c1. The highest BCUT2D eigenvalue weighted by Gasteiger charge is 2.21.